The predicted molar refractivity (Wildman–Crippen MR) is 70.2 cm³/mol. The van der Waals surface area contributed by atoms with Crippen LogP contribution in [0.25, 0.3) is 0 Å². The second kappa shape index (κ2) is 5.39. The van der Waals surface area contributed by atoms with Crippen molar-refractivity contribution in [1.29, 1.82) is 0 Å². The van der Waals surface area contributed by atoms with Gasteiger partial charge in [-0.15, -0.1) is 0 Å². The molecule has 88 valence electrons. The van der Waals surface area contributed by atoms with Crippen LogP contribution in [0.5, 0.6) is 0 Å². The molecule has 2 rings (SSSR count). The molecule has 0 saturated carbocycles. The van der Waals surface area contributed by atoms with Crippen molar-refractivity contribution in [2.45, 2.75) is 6.54 Å². The van der Waals surface area contributed by atoms with Crippen molar-refractivity contribution < 1.29 is 4.39 Å². The first-order chi connectivity index (χ1) is 8.15. The fourth-order valence-corrected chi connectivity index (χ4v) is 1.89. The summed E-state index contributed by atoms with van der Waals surface area (Å²) >= 11 is 11.8. The molecular formula is C13H10Cl2FN. The average Bonchev–Trinajstić information content (AvgIpc) is 2.28. The van der Waals surface area contributed by atoms with Crippen molar-refractivity contribution in [2.24, 2.45) is 0 Å². The standard InChI is InChI=1S/C13H10Cl2FN/c14-10-2-1-3-12(6-10)17-8-9-4-5-11(16)7-13(9)15/h1-7,17H,8H2. The van der Waals surface area contributed by atoms with E-state index >= 15 is 0 Å². The summed E-state index contributed by atoms with van der Waals surface area (Å²) in [6.45, 7) is 0.527. The molecule has 0 aromatic heterocycles. The minimum atomic E-state index is -0.332. The molecule has 0 aliphatic heterocycles. The van der Waals surface area contributed by atoms with Crippen molar-refractivity contribution in [1.82, 2.24) is 0 Å². The molecule has 4 heteroatoms. The Bertz CT molecular complexity index is 529. The lowest BCUT2D eigenvalue weighted by Gasteiger charge is -2.08. The van der Waals surface area contributed by atoms with Crippen LogP contribution in [0.4, 0.5) is 10.1 Å². The molecule has 0 saturated heterocycles. The third kappa shape index (κ3) is 3.35. The number of halogens is 3. The molecule has 0 aliphatic carbocycles. The highest BCUT2D eigenvalue weighted by Crippen LogP contribution is 2.20. The topological polar surface area (TPSA) is 12.0 Å². The first-order valence-electron chi connectivity index (χ1n) is 5.08. The van der Waals surface area contributed by atoms with E-state index in [-0.39, 0.29) is 5.82 Å². The summed E-state index contributed by atoms with van der Waals surface area (Å²) in [5.41, 5.74) is 1.74. The monoisotopic (exact) mass is 269 g/mol. The van der Waals surface area contributed by atoms with Crippen molar-refractivity contribution in [3.05, 3.63) is 63.9 Å². The van der Waals surface area contributed by atoms with E-state index in [4.69, 9.17) is 23.2 Å². The summed E-state index contributed by atoms with van der Waals surface area (Å²) in [4.78, 5) is 0. The Kier molecular flexibility index (Phi) is 3.87. The first-order valence-corrected chi connectivity index (χ1v) is 5.84. The van der Waals surface area contributed by atoms with Gasteiger partial charge in [0.05, 0.1) is 0 Å². The minimum absolute atomic E-state index is 0.332. The van der Waals surface area contributed by atoms with Crippen LogP contribution in [0.3, 0.4) is 0 Å². The molecule has 0 amide bonds. The lowest BCUT2D eigenvalue weighted by atomic mass is 10.2. The van der Waals surface area contributed by atoms with Crippen LogP contribution < -0.4 is 5.32 Å². The van der Waals surface area contributed by atoms with Gasteiger partial charge in [0, 0.05) is 22.3 Å². The van der Waals surface area contributed by atoms with Gasteiger partial charge in [-0.1, -0.05) is 35.3 Å². The van der Waals surface area contributed by atoms with E-state index in [2.05, 4.69) is 5.32 Å². The van der Waals surface area contributed by atoms with Crippen LogP contribution in [0.1, 0.15) is 5.56 Å². The molecule has 1 nitrogen and oxygen atoms in total. The van der Waals surface area contributed by atoms with Gasteiger partial charge in [0.2, 0.25) is 0 Å². The summed E-state index contributed by atoms with van der Waals surface area (Å²) in [5, 5.41) is 4.25. The van der Waals surface area contributed by atoms with Gasteiger partial charge in [-0.05, 0) is 35.9 Å². The third-order valence-corrected chi connectivity index (χ3v) is 2.91. The summed E-state index contributed by atoms with van der Waals surface area (Å²) in [5.74, 6) is -0.332. The second-order valence-corrected chi connectivity index (χ2v) is 4.44. The lowest BCUT2D eigenvalue weighted by Crippen LogP contribution is -2.00. The normalized spacial score (nSPS) is 10.3. The van der Waals surface area contributed by atoms with Crippen molar-refractivity contribution in [3.8, 4) is 0 Å². The quantitative estimate of drug-likeness (QED) is 0.849. The Morgan fingerprint density at radius 1 is 1.06 bits per heavy atom. The van der Waals surface area contributed by atoms with Gasteiger partial charge in [-0.3, -0.25) is 0 Å². The first kappa shape index (κ1) is 12.2. The molecule has 0 unspecified atom stereocenters. The van der Waals surface area contributed by atoms with Gasteiger partial charge in [0.25, 0.3) is 0 Å². The number of nitrogens with one attached hydrogen (secondary N) is 1. The Hall–Kier alpha value is -1.25. The van der Waals surface area contributed by atoms with Gasteiger partial charge in [0.15, 0.2) is 0 Å². The number of hydrogen-bond donors (Lipinski definition) is 1. The SMILES string of the molecule is Fc1ccc(CNc2cccc(Cl)c2)c(Cl)c1. The van der Waals surface area contributed by atoms with Gasteiger partial charge in [0.1, 0.15) is 5.82 Å². The zero-order valence-electron chi connectivity index (χ0n) is 8.88. The van der Waals surface area contributed by atoms with E-state index in [1.54, 1.807) is 12.1 Å². The van der Waals surface area contributed by atoms with Crippen LogP contribution in [0.15, 0.2) is 42.5 Å². The number of rotatable bonds is 3. The van der Waals surface area contributed by atoms with Gasteiger partial charge in [-0.25, -0.2) is 4.39 Å². The lowest BCUT2D eigenvalue weighted by molar-refractivity contribution is 0.627. The molecule has 0 aliphatic rings. The molecule has 2 aromatic rings. The molecule has 2 aromatic carbocycles. The Balaban J connectivity index is 2.07. The van der Waals surface area contributed by atoms with E-state index < -0.39 is 0 Å². The molecule has 1 N–H and O–H groups in total. The van der Waals surface area contributed by atoms with Crippen molar-refractivity contribution in [3.63, 3.8) is 0 Å². The van der Waals surface area contributed by atoms with Gasteiger partial charge >= 0.3 is 0 Å². The van der Waals surface area contributed by atoms with Crippen LogP contribution in [-0.4, -0.2) is 0 Å². The molecule has 0 atom stereocenters. The molecule has 0 fully saturated rings. The summed E-state index contributed by atoms with van der Waals surface area (Å²) in [6.07, 6.45) is 0. The van der Waals surface area contributed by atoms with E-state index in [1.165, 1.54) is 12.1 Å². The zero-order valence-corrected chi connectivity index (χ0v) is 10.4. The summed E-state index contributed by atoms with van der Waals surface area (Å²) in [7, 11) is 0. The maximum atomic E-state index is 12.8. The molecule has 0 spiro atoms. The highest BCUT2D eigenvalue weighted by Gasteiger charge is 2.02. The second-order valence-electron chi connectivity index (χ2n) is 3.60. The Labute approximate surface area is 109 Å². The van der Waals surface area contributed by atoms with E-state index in [9.17, 15) is 4.39 Å². The molecule has 0 heterocycles. The minimum Gasteiger partial charge on any atom is -0.381 e. The highest BCUT2D eigenvalue weighted by atomic mass is 35.5. The molecule has 17 heavy (non-hydrogen) atoms. The van der Waals surface area contributed by atoms with Gasteiger partial charge in [-0.2, -0.15) is 0 Å². The zero-order chi connectivity index (χ0) is 12.3. The fourth-order valence-electron chi connectivity index (χ4n) is 1.46. The maximum Gasteiger partial charge on any atom is 0.124 e. The number of benzene rings is 2. The van der Waals surface area contributed by atoms with Gasteiger partial charge < -0.3 is 5.32 Å². The van der Waals surface area contributed by atoms with Crippen LogP contribution in [0, 0.1) is 5.82 Å². The van der Waals surface area contributed by atoms with Crippen LogP contribution in [0.2, 0.25) is 10.0 Å². The van der Waals surface area contributed by atoms with E-state index in [0.717, 1.165) is 11.3 Å². The van der Waals surface area contributed by atoms with Crippen molar-refractivity contribution in [2.75, 3.05) is 5.32 Å². The largest absolute Gasteiger partial charge is 0.381 e. The van der Waals surface area contributed by atoms with Crippen LogP contribution >= 0.6 is 23.2 Å². The fraction of sp³-hybridized carbons (Fsp3) is 0.0769. The summed E-state index contributed by atoms with van der Waals surface area (Å²) in [6, 6.07) is 11.7. The van der Waals surface area contributed by atoms with E-state index in [1.807, 2.05) is 18.2 Å². The number of anilines is 1. The molecule has 0 bridgehead atoms. The average molecular weight is 270 g/mol. The highest BCUT2D eigenvalue weighted by molar-refractivity contribution is 6.31. The van der Waals surface area contributed by atoms with Crippen LogP contribution in [-0.2, 0) is 6.54 Å². The molecule has 0 radical (unpaired) electrons. The van der Waals surface area contributed by atoms with Crippen molar-refractivity contribution >= 4 is 28.9 Å². The number of hydrogen-bond acceptors (Lipinski definition) is 1. The predicted octanol–water partition coefficient (Wildman–Crippen LogP) is 4.74. The van der Waals surface area contributed by atoms with E-state index in [0.29, 0.717) is 16.6 Å². The maximum absolute atomic E-state index is 12.8. The molecular weight excluding hydrogens is 260 g/mol. The Morgan fingerprint density at radius 3 is 2.59 bits per heavy atom. The third-order valence-electron chi connectivity index (χ3n) is 2.32. The smallest absolute Gasteiger partial charge is 0.124 e. The summed E-state index contributed by atoms with van der Waals surface area (Å²) < 4.78 is 12.8. The Morgan fingerprint density at radius 2 is 1.88 bits per heavy atom.